The van der Waals surface area contributed by atoms with E-state index in [4.69, 9.17) is 5.73 Å². The van der Waals surface area contributed by atoms with Gasteiger partial charge in [-0.1, -0.05) is 51.9 Å². The fraction of sp³-hybridized carbons (Fsp3) is 0.588. The van der Waals surface area contributed by atoms with E-state index >= 15 is 0 Å². The molecule has 1 aromatic rings. The number of benzene rings is 1. The molecule has 134 valence electrons. The molecular weight excluding hydrogens is 340 g/mol. The molecule has 1 aromatic carbocycles. The highest BCUT2D eigenvalue weighted by Gasteiger charge is 2.27. The van der Waals surface area contributed by atoms with Crippen molar-refractivity contribution < 1.29 is 4.79 Å². The fourth-order valence-corrected chi connectivity index (χ4v) is 4.57. The predicted octanol–water partition coefficient (Wildman–Crippen LogP) is 2.46. The highest BCUT2D eigenvalue weighted by molar-refractivity contribution is 8.76. The maximum atomic E-state index is 12.0. The molecule has 4 N–H and O–H groups in total. The maximum absolute atomic E-state index is 12.0. The first kappa shape index (κ1) is 19.4. The van der Waals surface area contributed by atoms with Crippen molar-refractivity contribution in [1.82, 2.24) is 15.5 Å². The topological polar surface area (TPSA) is 70.4 Å². The Morgan fingerprint density at radius 1 is 1.33 bits per heavy atom. The average molecular weight is 369 g/mol. The first-order valence-corrected chi connectivity index (χ1v) is 11.0. The van der Waals surface area contributed by atoms with E-state index in [9.17, 15) is 4.79 Å². The molecule has 1 heterocycles. The molecule has 0 saturated carbocycles. The maximum Gasteiger partial charge on any atom is 0.315 e. The van der Waals surface area contributed by atoms with Crippen LogP contribution in [0.25, 0.3) is 0 Å². The van der Waals surface area contributed by atoms with Crippen molar-refractivity contribution in [3.05, 3.63) is 35.9 Å². The standard InChI is InChI=1S/C17H28N4OS2/c1-14(15-5-3-2-4-6-15)21-10-7-16(13-21)20-17(22)19-9-12-24-23-11-8-18/h2-6,14,16H,7-13,18H2,1H3,(H2,19,20,22). The van der Waals surface area contributed by atoms with Gasteiger partial charge in [0, 0.05) is 49.8 Å². The molecule has 0 bridgehead atoms. The highest BCUT2D eigenvalue weighted by atomic mass is 33.1. The first-order valence-electron chi connectivity index (χ1n) is 8.48. The summed E-state index contributed by atoms with van der Waals surface area (Å²) >= 11 is 0. The van der Waals surface area contributed by atoms with Crippen LogP contribution in [0.5, 0.6) is 0 Å². The molecular formula is C17H28N4OS2. The molecule has 2 rings (SSSR count). The van der Waals surface area contributed by atoms with Crippen LogP contribution in [0.2, 0.25) is 0 Å². The Morgan fingerprint density at radius 2 is 2.08 bits per heavy atom. The van der Waals surface area contributed by atoms with Crippen molar-refractivity contribution in [3.8, 4) is 0 Å². The monoisotopic (exact) mass is 368 g/mol. The Kier molecular flexibility index (Phi) is 8.80. The summed E-state index contributed by atoms with van der Waals surface area (Å²) in [6, 6.07) is 11.1. The predicted molar refractivity (Wildman–Crippen MR) is 105 cm³/mol. The van der Waals surface area contributed by atoms with E-state index in [-0.39, 0.29) is 12.1 Å². The minimum absolute atomic E-state index is 0.0568. The second kappa shape index (κ2) is 10.9. The highest BCUT2D eigenvalue weighted by Crippen LogP contribution is 2.24. The van der Waals surface area contributed by atoms with Gasteiger partial charge < -0.3 is 16.4 Å². The molecule has 7 heteroatoms. The van der Waals surface area contributed by atoms with E-state index in [0.717, 1.165) is 31.0 Å². The molecule has 1 aliphatic rings. The number of nitrogens with two attached hydrogens (primary N) is 1. The van der Waals surface area contributed by atoms with Gasteiger partial charge in [-0.15, -0.1) is 0 Å². The fourth-order valence-electron chi connectivity index (χ4n) is 2.81. The summed E-state index contributed by atoms with van der Waals surface area (Å²) in [5.41, 5.74) is 6.76. The van der Waals surface area contributed by atoms with E-state index < -0.39 is 0 Å². The third kappa shape index (κ3) is 6.55. The van der Waals surface area contributed by atoms with Gasteiger partial charge in [0.2, 0.25) is 0 Å². The van der Waals surface area contributed by atoms with Crippen LogP contribution >= 0.6 is 21.6 Å². The van der Waals surface area contributed by atoms with Crippen LogP contribution in [-0.2, 0) is 0 Å². The van der Waals surface area contributed by atoms with Crippen molar-refractivity contribution in [2.24, 2.45) is 5.73 Å². The van der Waals surface area contributed by atoms with E-state index in [2.05, 4.69) is 46.7 Å². The molecule has 2 unspecified atom stereocenters. The second-order valence-electron chi connectivity index (χ2n) is 5.90. The zero-order chi connectivity index (χ0) is 17.2. The lowest BCUT2D eigenvalue weighted by molar-refractivity contribution is 0.232. The molecule has 1 fully saturated rings. The number of carbonyl (C=O) groups is 1. The number of nitrogens with zero attached hydrogens (tertiary/aromatic N) is 1. The van der Waals surface area contributed by atoms with Crippen molar-refractivity contribution >= 4 is 27.6 Å². The number of nitrogens with one attached hydrogen (secondary N) is 2. The Morgan fingerprint density at radius 3 is 2.83 bits per heavy atom. The van der Waals surface area contributed by atoms with Crippen LogP contribution in [0.3, 0.4) is 0 Å². The van der Waals surface area contributed by atoms with E-state index in [1.165, 1.54) is 5.56 Å². The quantitative estimate of drug-likeness (QED) is 0.461. The molecule has 0 radical (unpaired) electrons. The van der Waals surface area contributed by atoms with Crippen LogP contribution in [0, 0.1) is 0 Å². The summed E-state index contributed by atoms with van der Waals surface area (Å²) in [5.74, 6) is 1.86. The van der Waals surface area contributed by atoms with E-state index in [0.29, 0.717) is 19.1 Å². The van der Waals surface area contributed by atoms with Gasteiger partial charge in [0.15, 0.2) is 0 Å². The molecule has 2 atom stereocenters. The van der Waals surface area contributed by atoms with Gasteiger partial charge in [0.1, 0.15) is 0 Å². The second-order valence-corrected chi connectivity index (χ2v) is 8.60. The molecule has 1 aliphatic heterocycles. The summed E-state index contributed by atoms with van der Waals surface area (Å²) in [4.78, 5) is 14.4. The molecule has 1 saturated heterocycles. The molecule has 24 heavy (non-hydrogen) atoms. The largest absolute Gasteiger partial charge is 0.337 e. The van der Waals surface area contributed by atoms with Crippen molar-refractivity contribution in [3.63, 3.8) is 0 Å². The lowest BCUT2D eigenvalue weighted by atomic mass is 10.1. The lowest BCUT2D eigenvalue weighted by Crippen LogP contribution is -2.44. The van der Waals surface area contributed by atoms with Gasteiger partial charge >= 0.3 is 6.03 Å². The van der Waals surface area contributed by atoms with Gasteiger partial charge in [-0.3, -0.25) is 4.90 Å². The normalized spacial score (nSPS) is 19.2. The third-order valence-electron chi connectivity index (χ3n) is 4.14. The van der Waals surface area contributed by atoms with Crippen LogP contribution < -0.4 is 16.4 Å². The Labute approximate surface area is 152 Å². The Hall–Kier alpha value is -0.890. The molecule has 0 aliphatic carbocycles. The zero-order valence-corrected chi connectivity index (χ0v) is 15.9. The SMILES string of the molecule is CC(c1ccccc1)N1CCC(NC(=O)NCCSSCCN)C1. The number of hydrogen-bond acceptors (Lipinski definition) is 5. The summed E-state index contributed by atoms with van der Waals surface area (Å²) in [5, 5.41) is 6.02. The molecule has 0 spiro atoms. The Balaban J connectivity index is 1.63. The van der Waals surface area contributed by atoms with Crippen LogP contribution in [0.4, 0.5) is 4.79 Å². The minimum Gasteiger partial charge on any atom is -0.337 e. The molecule has 2 amide bonds. The number of amides is 2. The summed E-state index contributed by atoms with van der Waals surface area (Å²) < 4.78 is 0. The van der Waals surface area contributed by atoms with Gasteiger partial charge in [0.25, 0.3) is 0 Å². The smallest absolute Gasteiger partial charge is 0.315 e. The summed E-state index contributed by atoms with van der Waals surface area (Å²) in [6.07, 6.45) is 1.01. The van der Waals surface area contributed by atoms with Crippen molar-refractivity contribution in [2.75, 3.05) is 37.7 Å². The van der Waals surface area contributed by atoms with E-state index in [1.54, 1.807) is 21.6 Å². The lowest BCUT2D eigenvalue weighted by Gasteiger charge is -2.24. The van der Waals surface area contributed by atoms with Crippen molar-refractivity contribution in [1.29, 1.82) is 0 Å². The average Bonchev–Trinajstić information content (AvgIpc) is 3.06. The Bertz CT molecular complexity index is 489. The van der Waals surface area contributed by atoms with Gasteiger partial charge in [-0.25, -0.2) is 4.79 Å². The number of likely N-dealkylation sites (tertiary alicyclic amines) is 1. The number of hydrogen-bond donors (Lipinski definition) is 3. The molecule has 5 nitrogen and oxygen atoms in total. The van der Waals surface area contributed by atoms with Crippen LogP contribution in [0.15, 0.2) is 30.3 Å². The van der Waals surface area contributed by atoms with Gasteiger partial charge in [-0.2, -0.15) is 0 Å². The van der Waals surface area contributed by atoms with Gasteiger partial charge in [-0.05, 0) is 18.9 Å². The first-order chi connectivity index (χ1) is 11.7. The van der Waals surface area contributed by atoms with E-state index in [1.807, 2.05) is 6.07 Å². The summed E-state index contributed by atoms with van der Waals surface area (Å²) in [6.45, 7) is 5.54. The number of rotatable bonds is 9. The zero-order valence-electron chi connectivity index (χ0n) is 14.2. The molecule has 0 aromatic heterocycles. The number of urea groups is 1. The minimum atomic E-state index is -0.0568. The summed E-state index contributed by atoms with van der Waals surface area (Å²) in [7, 11) is 3.50. The number of carbonyl (C=O) groups excluding carboxylic acids is 1. The van der Waals surface area contributed by atoms with Crippen LogP contribution in [-0.4, -0.2) is 54.7 Å². The third-order valence-corrected chi connectivity index (χ3v) is 6.58. The van der Waals surface area contributed by atoms with Gasteiger partial charge in [0.05, 0.1) is 0 Å². The van der Waals surface area contributed by atoms with Crippen LogP contribution in [0.1, 0.15) is 24.9 Å². The van der Waals surface area contributed by atoms with Crippen molar-refractivity contribution in [2.45, 2.75) is 25.4 Å².